The van der Waals surface area contributed by atoms with Crippen LogP contribution in [0, 0.1) is 11.3 Å². The minimum Gasteiger partial charge on any atom is -0.324 e. The first-order chi connectivity index (χ1) is 13.1. The molecule has 0 saturated heterocycles. The Morgan fingerprint density at radius 1 is 1.07 bits per heavy atom. The molecule has 3 rings (SSSR count). The smallest absolute Gasteiger partial charge is 0.274 e. The topological polar surface area (TPSA) is 90.7 Å². The van der Waals surface area contributed by atoms with Crippen molar-refractivity contribution in [3.63, 3.8) is 0 Å². The summed E-state index contributed by atoms with van der Waals surface area (Å²) < 4.78 is 0. The van der Waals surface area contributed by atoms with Gasteiger partial charge in [0.15, 0.2) is 0 Å². The Hall–Kier alpha value is -3.72. The van der Waals surface area contributed by atoms with Gasteiger partial charge in [0, 0.05) is 11.9 Å². The van der Waals surface area contributed by atoms with Crippen molar-refractivity contribution in [2.45, 2.75) is 19.8 Å². The van der Waals surface area contributed by atoms with Crippen LogP contribution in [0.2, 0.25) is 0 Å². The number of hydrogen-bond acceptors (Lipinski definition) is 5. The van der Waals surface area contributed by atoms with Crippen LogP contribution in [-0.4, -0.2) is 15.9 Å². The number of para-hydroxylation sites is 1. The Labute approximate surface area is 157 Å². The summed E-state index contributed by atoms with van der Waals surface area (Å²) in [6.07, 6.45) is 1.52. The highest BCUT2D eigenvalue weighted by Crippen LogP contribution is 2.19. The number of aromatic nitrogens is 2. The quantitative estimate of drug-likeness (QED) is 0.703. The number of benzene rings is 2. The second-order valence-corrected chi connectivity index (χ2v) is 6.28. The fraction of sp³-hybridized carbons (Fsp3) is 0.143. The molecule has 1 amide bonds. The number of carbonyl (C=O) groups excluding carboxylic acids is 1. The molecule has 1 aromatic heterocycles. The number of hydrogen-bond donors (Lipinski definition) is 2. The first kappa shape index (κ1) is 18.1. The van der Waals surface area contributed by atoms with Crippen molar-refractivity contribution >= 4 is 23.2 Å². The van der Waals surface area contributed by atoms with Gasteiger partial charge >= 0.3 is 0 Å². The molecule has 134 valence electrons. The number of nitrogens with one attached hydrogen (secondary N) is 2. The molecule has 0 aliphatic heterocycles. The van der Waals surface area contributed by atoms with Gasteiger partial charge in [0.25, 0.3) is 5.91 Å². The standard InChI is InChI=1S/C21H19N5O/c1-14(2)15-7-9-17(10-8-15)24-21-23-12-11-19(26-21)20(27)25-18-6-4-3-5-16(18)13-22/h3-12,14H,1-2H3,(H,25,27)(H,23,24,26). The Morgan fingerprint density at radius 3 is 2.52 bits per heavy atom. The van der Waals surface area contributed by atoms with Gasteiger partial charge in [-0.15, -0.1) is 0 Å². The number of amides is 1. The third-order valence-corrected chi connectivity index (χ3v) is 4.02. The molecule has 2 N–H and O–H groups in total. The average molecular weight is 357 g/mol. The zero-order valence-electron chi connectivity index (χ0n) is 15.1. The number of anilines is 3. The van der Waals surface area contributed by atoms with Gasteiger partial charge in [0.2, 0.25) is 5.95 Å². The molecule has 6 nitrogen and oxygen atoms in total. The van der Waals surface area contributed by atoms with Crippen LogP contribution in [0.4, 0.5) is 17.3 Å². The van der Waals surface area contributed by atoms with Gasteiger partial charge in [-0.2, -0.15) is 5.26 Å². The van der Waals surface area contributed by atoms with Gasteiger partial charge in [-0.05, 0) is 41.8 Å². The van der Waals surface area contributed by atoms with Crippen LogP contribution in [0.3, 0.4) is 0 Å². The lowest BCUT2D eigenvalue weighted by molar-refractivity contribution is 0.102. The summed E-state index contributed by atoms with van der Waals surface area (Å²) in [4.78, 5) is 20.9. The molecule has 6 heteroatoms. The van der Waals surface area contributed by atoms with Gasteiger partial charge in [-0.1, -0.05) is 38.1 Å². The summed E-state index contributed by atoms with van der Waals surface area (Å²) in [5, 5.41) is 14.9. The first-order valence-corrected chi connectivity index (χ1v) is 8.57. The van der Waals surface area contributed by atoms with Crippen molar-refractivity contribution in [1.82, 2.24) is 9.97 Å². The van der Waals surface area contributed by atoms with Crippen LogP contribution in [0.15, 0.2) is 60.8 Å². The minimum atomic E-state index is -0.404. The monoisotopic (exact) mass is 357 g/mol. The molecule has 0 atom stereocenters. The van der Waals surface area contributed by atoms with Crippen molar-refractivity contribution in [3.8, 4) is 6.07 Å². The summed E-state index contributed by atoms with van der Waals surface area (Å²) in [6.45, 7) is 4.27. The maximum absolute atomic E-state index is 12.5. The summed E-state index contributed by atoms with van der Waals surface area (Å²) in [5.74, 6) is 0.380. The van der Waals surface area contributed by atoms with Crippen LogP contribution in [0.1, 0.15) is 41.4 Å². The molecule has 0 bridgehead atoms. The van der Waals surface area contributed by atoms with Crippen molar-refractivity contribution in [2.75, 3.05) is 10.6 Å². The molecule has 0 fully saturated rings. The zero-order valence-corrected chi connectivity index (χ0v) is 15.1. The lowest BCUT2D eigenvalue weighted by atomic mass is 10.0. The van der Waals surface area contributed by atoms with Crippen LogP contribution in [-0.2, 0) is 0 Å². The number of rotatable bonds is 5. The van der Waals surface area contributed by atoms with E-state index in [2.05, 4.69) is 34.4 Å². The lowest BCUT2D eigenvalue weighted by Gasteiger charge is -2.09. The van der Waals surface area contributed by atoms with Crippen molar-refractivity contribution in [1.29, 1.82) is 5.26 Å². The van der Waals surface area contributed by atoms with Gasteiger partial charge in [-0.3, -0.25) is 4.79 Å². The lowest BCUT2D eigenvalue weighted by Crippen LogP contribution is -2.15. The molecular weight excluding hydrogens is 338 g/mol. The van der Waals surface area contributed by atoms with E-state index in [-0.39, 0.29) is 5.69 Å². The van der Waals surface area contributed by atoms with Crippen molar-refractivity contribution in [2.24, 2.45) is 0 Å². The Balaban J connectivity index is 1.75. The summed E-state index contributed by atoms with van der Waals surface area (Å²) in [7, 11) is 0. The molecule has 27 heavy (non-hydrogen) atoms. The molecular formula is C21H19N5O. The third-order valence-electron chi connectivity index (χ3n) is 4.02. The molecule has 0 aliphatic rings. The van der Waals surface area contributed by atoms with Crippen LogP contribution in [0.25, 0.3) is 0 Å². The molecule has 3 aromatic rings. The Kier molecular flexibility index (Phi) is 5.43. The van der Waals surface area contributed by atoms with E-state index in [0.29, 0.717) is 23.1 Å². The molecule has 0 saturated carbocycles. The third kappa shape index (κ3) is 4.47. The van der Waals surface area contributed by atoms with E-state index in [1.165, 1.54) is 17.8 Å². The van der Waals surface area contributed by atoms with Crippen LogP contribution < -0.4 is 10.6 Å². The zero-order chi connectivity index (χ0) is 19.2. The van der Waals surface area contributed by atoms with Crippen molar-refractivity contribution in [3.05, 3.63) is 77.6 Å². The van der Waals surface area contributed by atoms with Gasteiger partial charge in [0.05, 0.1) is 11.3 Å². The largest absolute Gasteiger partial charge is 0.324 e. The maximum Gasteiger partial charge on any atom is 0.274 e. The van der Waals surface area contributed by atoms with Crippen LogP contribution in [0.5, 0.6) is 0 Å². The highest BCUT2D eigenvalue weighted by atomic mass is 16.1. The fourth-order valence-corrected chi connectivity index (χ4v) is 2.50. The molecule has 1 heterocycles. The SMILES string of the molecule is CC(C)c1ccc(Nc2nccc(C(=O)Nc3ccccc3C#N)n2)cc1. The van der Waals surface area contributed by atoms with Gasteiger partial charge in [0.1, 0.15) is 11.8 Å². The fourth-order valence-electron chi connectivity index (χ4n) is 2.50. The predicted octanol–water partition coefficient (Wildman–Crippen LogP) is 4.47. The highest BCUT2D eigenvalue weighted by Gasteiger charge is 2.11. The second-order valence-electron chi connectivity index (χ2n) is 6.28. The molecule has 0 spiro atoms. The Bertz CT molecular complexity index is 990. The van der Waals surface area contributed by atoms with Crippen LogP contribution >= 0.6 is 0 Å². The second kappa shape index (κ2) is 8.11. The number of carbonyl (C=O) groups is 1. The Morgan fingerprint density at radius 2 is 1.81 bits per heavy atom. The normalized spacial score (nSPS) is 10.3. The average Bonchev–Trinajstić information content (AvgIpc) is 2.69. The minimum absolute atomic E-state index is 0.207. The van der Waals surface area contributed by atoms with E-state index < -0.39 is 5.91 Å². The van der Waals surface area contributed by atoms with E-state index in [4.69, 9.17) is 5.26 Å². The van der Waals surface area contributed by atoms with Gasteiger partial charge in [-0.25, -0.2) is 9.97 Å². The summed E-state index contributed by atoms with van der Waals surface area (Å²) >= 11 is 0. The molecule has 2 aromatic carbocycles. The number of nitriles is 1. The first-order valence-electron chi connectivity index (χ1n) is 8.57. The summed E-state index contributed by atoms with van der Waals surface area (Å²) in [5.41, 5.74) is 3.13. The van der Waals surface area contributed by atoms with Crippen molar-refractivity contribution < 1.29 is 4.79 Å². The van der Waals surface area contributed by atoms with E-state index >= 15 is 0 Å². The number of nitrogens with zero attached hydrogens (tertiary/aromatic N) is 3. The molecule has 0 unspecified atom stereocenters. The maximum atomic E-state index is 12.5. The van der Waals surface area contributed by atoms with Gasteiger partial charge < -0.3 is 10.6 Å². The molecule has 0 radical (unpaired) electrons. The van der Waals surface area contributed by atoms with E-state index in [0.717, 1.165) is 5.69 Å². The highest BCUT2D eigenvalue weighted by molar-refractivity contribution is 6.03. The van der Waals surface area contributed by atoms with E-state index in [1.54, 1.807) is 24.3 Å². The summed E-state index contributed by atoms with van der Waals surface area (Å²) in [6, 6.07) is 18.4. The van der Waals surface area contributed by atoms with E-state index in [1.807, 2.05) is 30.3 Å². The van der Waals surface area contributed by atoms with E-state index in [9.17, 15) is 4.79 Å². The predicted molar refractivity (Wildman–Crippen MR) is 105 cm³/mol. The molecule has 0 aliphatic carbocycles.